The maximum Gasteiger partial charge on any atom is 0.251 e. The van der Waals surface area contributed by atoms with Crippen LogP contribution in [0.25, 0.3) is 0 Å². The van der Waals surface area contributed by atoms with Gasteiger partial charge in [-0.25, -0.2) is 0 Å². The van der Waals surface area contributed by atoms with E-state index in [0.29, 0.717) is 28.6 Å². The first-order valence-corrected chi connectivity index (χ1v) is 10.9. The van der Waals surface area contributed by atoms with Gasteiger partial charge in [0, 0.05) is 5.56 Å². The summed E-state index contributed by atoms with van der Waals surface area (Å²) in [6.45, 7) is 5.87. The zero-order valence-electron chi connectivity index (χ0n) is 19.1. The van der Waals surface area contributed by atoms with Gasteiger partial charge in [0.25, 0.3) is 5.91 Å². The fraction of sp³-hybridized carbons (Fsp3) is 0.480. The van der Waals surface area contributed by atoms with E-state index >= 15 is 0 Å². The number of rotatable bonds is 9. The molecule has 0 aliphatic heterocycles. The summed E-state index contributed by atoms with van der Waals surface area (Å²) in [5.74, 6) is 2.40. The summed E-state index contributed by atoms with van der Waals surface area (Å²) in [6.07, 6.45) is 4.79. The minimum atomic E-state index is -0.213. The van der Waals surface area contributed by atoms with Crippen LogP contribution in [-0.4, -0.2) is 32.3 Å². The lowest BCUT2D eigenvalue weighted by atomic mass is 10.1. The lowest BCUT2D eigenvalue weighted by Gasteiger charge is -2.19. The molecule has 2 aromatic rings. The molecule has 0 heterocycles. The number of ether oxygens (including phenoxy) is 4. The molecule has 1 saturated carbocycles. The van der Waals surface area contributed by atoms with Crippen molar-refractivity contribution in [2.24, 2.45) is 0 Å². The van der Waals surface area contributed by atoms with Crippen LogP contribution in [-0.2, 0) is 0 Å². The third-order valence-corrected chi connectivity index (χ3v) is 5.42. The Labute approximate surface area is 184 Å². The number of methoxy groups -OCH3 is 2. The van der Waals surface area contributed by atoms with Gasteiger partial charge in [-0.2, -0.15) is 0 Å². The highest BCUT2D eigenvalue weighted by Crippen LogP contribution is 2.33. The fourth-order valence-electron chi connectivity index (χ4n) is 3.76. The first-order chi connectivity index (χ1) is 14.9. The Morgan fingerprint density at radius 1 is 0.903 bits per heavy atom. The molecule has 1 atom stereocenters. The number of carbonyl (C=O) groups excluding carboxylic acids is 1. The quantitative estimate of drug-likeness (QED) is 0.588. The average molecular weight is 428 g/mol. The largest absolute Gasteiger partial charge is 0.493 e. The summed E-state index contributed by atoms with van der Waals surface area (Å²) < 4.78 is 22.8. The second-order valence-electron chi connectivity index (χ2n) is 8.16. The van der Waals surface area contributed by atoms with Crippen LogP contribution < -0.4 is 24.3 Å². The maximum absolute atomic E-state index is 12.9. The van der Waals surface area contributed by atoms with Crippen molar-refractivity contribution in [3.8, 4) is 23.0 Å². The molecule has 0 bridgehead atoms. The molecule has 1 aliphatic rings. The number of carbonyl (C=O) groups is 1. The molecule has 1 N–H and O–H groups in total. The number of hydrogen-bond donors (Lipinski definition) is 1. The van der Waals surface area contributed by atoms with Gasteiger partial charge < -0.3 is 24.3 Å². The van der Waals surface area contributed by atoms with E-state index in [1.54, 1.807) is 26.4 Å². The van der Waals surface area contributed by atoms with Crippen LogP contribution in [0.5, 0.6) is 23.0 Å². The fourth-order valence-corrected chi connectivity index (χ4v) is 3.76. The van der Waals surface area contributed by atoms with Crippen molar-refractivity contribution in [3.63, 3.8) is 0 Å². The number of nitrogens with one attached hydrogen (secondary N) is 1. The molecule has 6 heteroatoms. The minimum absolute atomic E-state index is 0.0486. The van der Waals surface area contributed by atoms with Crippen LogP contribution >= 0.6 is 0 Å². The predicted octanol–water partition coefficient (Wildman–Crippen LogP) is 5.30. The van der Waals surface area contributed by atoms with E-state index in [0.717, 1.165) is 18.4 Å². The molecule has 1 amide bonds. The maximum atomic E-state index is 12.9. The Hall–Kier alpha value is -2.89. The van der Waals surface area contributed by atoms with Crippen molar-refractivity contribution in [1.82, 2.24) is 5.32 Å². The molecular weight excluding hydrogens is 394 g/mol. The van der Waals surface area contributed by atoms with Crippen molar-refractivity contribution in [2.75, 3.05) is 14.2 Å². The Bertz CT molecular complexity index is 889. The van der Waals surface area contributed by atoms with E-state index < -0.39 is 0 Å². The average Bonchev–Trinajstić information content (AvgIpc) is 3.26. The third kappa shape index (κ3) is 5.84. The van der Waals surface area contributed by atoms with Gasteiger partial charge in [0.2, 0.25) is 0 Å². The predicted molar refractivity (Wildman–Crippen MR) is 121 cm³/mol. The first kappa shape index (κ1) is 22.8. The van der Waals surface area contributed by atoms with Gasteiger partial charge in [-0.05, 0) is 82.3 Å². The van der Waals surface area contributed by atoms with Crippen LogP contribution in [0.3, 0.4) is 0 Å². The van der Waals surface area contributed by atoms with Crippen molar-refractivity contribution in [1.29, 1.82) is 0 Å². The Balaban J connectivity index is 1.70. The standard InChI is InChI=1S/C25H33NO5/c1-16(2)30-21-12-10-18(14-23(21)28-4)17(3)26-25(27)19-11-13-22(24(15-19)29-5)31-20-8-6-7-9-20/h10-17,20H,6-9H2,1-5H3,(H,26,27). The highest BCUT2D eigenvalue weighted by atomic mass is 16.5. The van der Waals surface area contributed by atoms with Crippen LogP contribution in [0.1, 0.15) is 68.4 Å². The van der Waals surface area contributed by atoms with E-state index in [1.807, 2.05) is 45.0 Å². The molecule has 1 unspecified atom stereocenters. The summed E-state index contributed by atoms with van der Waals surface area (Å²) in [5, 5.41) is 3.04. The number of amides is 1. The Kier molecular flexibility index (Phi) is 7.66. The summed E-state index contributed by atoms with van der Waals surface area (Å²) >= 11 is 0. The molecular formula is C25H33NO5. The SMILES string of the molecule is COc1cc(C(C)NC(=O)c2ccc(OC3CCCC3)c(OC)c2)ccc1OC(C)C. The minimum Gasteiger partial charge on any atom is -0.493 e. The summed E-state index contributed by atoms with van der Waals surface area (Å²) in [5.41, 5.74) is 1.45. The second kappa shape index (κ2) is 10.4. The van der Waals surface area contributed by atoms with Gasteiger partial charge in [-0.1, -0.05) is 6.07 Å². The molecule has 3 rings (SSSR count). The second-order valence-corrected chi connectivity index (χ2v) is 8.16. The van der Waals surface area contributed by atoms with Crippen LogP contribution in [0.4, 0.5) is 0 Å². The molecule has 168 valence electrons. The molecule has 0 radical (unpaired) electrons. The van der Waals surface area contributed by atoms with Crippen molar-refractivity contribution >= 4 is 5.91 Å². The van der Waals surface area contributed by atoms with Crippen LogP contribution in [0.15, 0.2) is 36.4 Å². The van der Waals surface area contributed by atoms with Gasteiger partial charge in [-0.3, -0.25) is 4.79 Å². The molecule has 6 nitrogen and oxygen atoms in total. The van der Waals surface area contributed by atoms with Crippen molar-refractivity contribution in [3.05, 3.63) is 47.5 Å². The van der Waals surface area contributed by atoms with E-state index in [2.05, 4.69) is 5.32 Å². The smallest absolute Gasteiger partial charge is 0.251 e. The highest BCUT2D eigenvalue weighted by molar-refractivity contribution is 5.95. The topological polar surface area (TPSA) is 66.0 Å². The molecule has 2 aromatic carbocycles. The number of hydrogen-bond acceptors (Lipinski definition) is 5. The third-order valence-electron chi connectivity index (χ3n) is 5.42. The van der Waals surface area contributed by atoms with E-state index in [-0.39, 0.29) is 24.2 Å². The van der Waals surface area contributed by atoms with Crippen LogP contribution in [0, 0.1) is 0 Å². The molecule has 1 aliphatic carbocycles. The van der Waals surface area contributed by atoms with Gasteiger partial charge >= 0.3 is 0 Å². The summed E-state index contributed by atoms with van der Waals surface area (Å²) in [4.78, 5) is 12.9. The molecule has 31 heavy (non-hydrogen) atoms. The van der Waals surface area contributed by atoms with E-state index in [1.165, 1.54) is 12.8 Å². The molecule has 1 fully saturated rings. The molecule has 0 spiro atoms. The number of benzene rings is 2. The lowest BCUT2D eigenvalue weighted by Crippen LogP contribution is -2.26. The van der Waals surface area contributed by atoms with Gasteiger partial charge in [0.05, 0.1) is 32.5 Å². The van der Waals surface area contributed by atoms with Gasteiger partial charge in [-0.15, -0.1) is 0 Å². The molecule has 0 saturated heterocycles. The zero-order valence-corrected chi connectivity index (χ0v) is 19.1. The van der Waals surface area contributed by atoms with E-state index in [4.69, 9.17) is 18.9 Å². The monoisotopic (exact) mass is 427 g/mol. The van der Waals surface area contributed by atoms with Crippen molar-refractivity contribution < 1.29 is 23.7 Å². The highest BCUT2D eigenvalue weighted by Gasteiger charge is 2.20. The van der Waals surface area contributed by atoms with E-state index in [9.17, 15) is 4.79 Å². The van der Waals surface area contributed by atoms with Gasteiger partial charge in [0.15, 0.2) is 23.0 Å². The normalized spacial score (nSPS) is 14.9. The first-order valence-electron chi connectivity index (χ1n) is 10.9. The zero-order chi connectivity index (χ0) is 22.4. The summed E-state index contributed by atoms with van der Waals surface area (Å²) in [7, 11) is 3.20. The van der Waals surface area contributed by atoms with Crippen LogP contribution in [0.2, 0.25) is 0 Å². The lowest BCUT2D eigenvalue weighted by molar-refractivity contribution is 0.0939. The van der Waals surface area contributed by atoms with Crippen molar-refractivity contribution in [2.45, 2.75) is 64.7 Å². The molecule has 0 aromatic heterocycles. The van der Waals surface area contributed by atoms with Gasteiger partial charge in [0.1, 0.15) is 0 Å². The Morgan fingerprint density at radius 2 is 1.55 bits per heavy atom. The summed E-state index contributed by atoms with van der Waals surface area (Å²) in [6, 6.07) is 10.8. The Morgan fingerprint density at radius 3 is 2.19 bits per heavy atom.